The molecular formula is C21H23N3O4S. The number of aromatic nitrogens is 2. The number of rotatable bonds is 7. The molecule has 0 saturated carbocycles. The molecule has 2 heterocycles. The number of ether oxygens (including phenoxy) is 1. The van der Waals surface area contributed by atoms with E-state index < -0.39 is 10.0 Å². The molecular weight excluding hydrogens is 390 g/mol. The lowest BCUT2D eigenvalue weighted by Gasteiger charge is -2.16. The second-order valence-electron chi connectivity index (χ2n) is 7.23. The highest BCUT2D eigenvalue weighted by Gasteiger charge is 2.34. The van der Waals surface area contributed by atoms with Crippen molar-refractivity contribution in [1.29, 1.82) is 0 Å². The number of sulfonamides is 1. The summed E-state index contributed by atoms with van der Waals surface area (Å²) in [6.07, 6.45) is 0.672. The predicted octanol–water partition coefficient (Wildman–Crippen LogP) is 3.28. The lowest BCUT2D eigenvalue weighted by atomic mass is 10.1. The molecule has 152 valence electrons. The highest BCUT2D eigenvalue weighted by atomic mass is 32.2. The zero-order valence-corrected chi connectivity index (χ0v) is 17.0. The number of hydrogen-bond acceptors (Lipinski definition) is 6. The monoisotopic (exact) mass is 413 g/mol. The third-order valence-corrected chi connectivity index (χ3v) is 6.79. The largest absolute Gasteiger partial charge is 0.484 e. The number of aryl methyl sites for hydroxylation is 1. The van der Waals surface area contributed by atoms with Gasteiger partial charge in [-0.05, 0) is 31.0 Å². The lowest BCUT2D eigenvalue weighted by Crippen LogP contribution is -2.29. The first-order chi connectivity index (χ1) is 14.0. The summed E-state index contributed by atoms with van der Waals surface area (Å²) in [5.41, 5.74) is 1.94. The Morgan fingerprint density at radius 3 is 2.66 bits per heavy atom. The van der Waals surface area contributed by atoms with Crippen LogP contribution in [0.3, 0.4) is 0 Å². The van der Waals surface area contributed by atoms with Gasteiger partial charge >= 0.3 is 0 Å². The molecule has 0 amide bonds. The topological polar surface area (TPSA) is 85.5 Å². The first-order valence-electron chi connectivity index (χ1n) is 9.53. The number of hydrogen-bond donors (Lipinski definition) is 0. The van der Waals surface area contributed by atoms with Crippen molar-refractivity contribution < 1.29 is 17.7 Å². The van der Waals surface area contributed by atoms with E-state index in [4.69, 9.17) is 9.26 Å². The summed E-state index contributed by atoms with van der Waals surface area (Å²) in [7, 11) is -3.37. The summed E-state index contributed by atoms with van der Waals surface area (Å²) in [6, 6.07) is 16.9. The Morgan fingerprint density at radius 1 is 1.14 bits per heavy atom. The van der Waals surface area contributed by atoms with Crippen LogP contribution in [0.25, 0.3) is 0 Å². The van der Waals surface area contributed by atoms with E-state index >= 15 is 0 Å². The second-order valence-corrected chi connectivity index (χ2v) is 9.20. The molecule has 7 nitrogen and oxygen atoms in total. The molecule has 1 fully saturated rings. The van der Waals surface area contributed by atoms with Gasteiger partial charge in [0, 0.05) is 19.0 Å². The Labute approximate surface area is 170 Å². The molecule has 4 rings (SSSR count). The summed E-state index contributed by atoms with van der Waals surface area (Å²) >= 11 is 0. The van der Waals surface area contributed by atoms with Gasteiger partial charge < -0.3 is 9.26 Å². The molecule has 0 spiro atoms. The van der Waals surface area contributed by atoms with Crippen LogP contribution in [0.5, 0.6) is 5.75 Å². The molecule has 1 aliphatic heterocycles. The number of nitrogens with zero attached hydrogens (tertiary/aromatic N) is 3. The molecule has 29 heavy (non-hydrogen) atoms. The minimum atomic E-state index is -3.37. The zero-order valence-electron chi connectivity index (χ0n) is 16.2. The average Bonchev–Trinajstić information content (AvgIpc) is 3.38. The SMILES string of the molecule is Cc1ccc(OCc2nc(C3CCN(S(=O)(=O)Cc4ccccc4)C3)no2)cc1. The van der Waals surface area contributed by atoms with E-state index in [-0.39, 0.29) is 18.3 Å². The smallest absolute Gasteiger partial charge is 0.264 e. The van der Waals surface area contributed by atoms with Crippen molar-refractivity contribution in [2.24, 2.45) is 0 Å². The van der Waals surface area contributed by atoms with Crippen molar-refractivity contribution in [3.8, 4) is 5.75 Å². The highest BCUT2D eigenvalue weighted by molar-refractivity contribution is 7.88. The van der Waals surface area contributed by atoms with Crippen molar-refractivity contribution in [2.45, 2.75) is 31.6 Å². The van der Waals surface area contributed by atoms with E-state index in [0.717, 1.165) is 16.9 Å². The molecule has 8 heteroatoms. The van der Waals surface area contributed by atoms with Gasteiger partial charge in [-0.25, -0.2) is 12.7 Å². The fraction of sp³-hybridized carbons (Fsp3) is 0.333. The van der Waals surface area contributed by atoms with Crippen LogP contribution in [-0.4, -0.2) is 36.0 Å². The molecule has 2 aromatic carbocycles. The summed E-state index contributed by atoms with van der Waals surface area (Å²) in [5.74, 6) is 1.57. The molecule has 1 unspecified atom stereocenters. The predicted molar refractivity (Wildman–Crippen MR) is 108 cm³/mol. The standard InChI is InChI=1S/C21H23N3O4S/c1-16-7-9-19(10-8-16)27-14-20-22-21(23-28-20)18-11-12-24(13-18)29(25,26)15-17-5-3-2-4-6-17/h2-10,18H,11-15H2,1H3. The van der Waals surface area contributed by atoms with Crippen molar-refractivity contribution in [2.75, 3.05) is 13.1 Å². The summed E-state index contributed by atoms with van der Waals surface area (Å²) < 4.78 is 37.9. The third kappa shape index (κ3) is 4.83. The van der Waals surface area contributed by atoms with E-state index in [2.05, 4.69) is 10.1 Å². The van der Waals surface area contributed by atoms with Gasteiger partial charge in [-0.1, -0.05) is 53.2 Å². The summed E-state index contributed by atoms with van der Waals surface area (Å²) in [6.45, 7) is 3.02. The summed E-state index contributed by atoms with van der Waals surface area (Å²) in [5, 5.41) is 4.04. The van der Waals surface area contributed by atoms with Gasteiger partial charge in [0.25, 0.3) is 5.89 Å². The van der Waals surface area contributed by atoms with E-state index in [1.54, 1.807) is 0 Å². The average molecular weight is 413 g/mol. The Kier molecular flexibility index (Phi) is 5.64. The van der Waals surface area contributed by atoms with Gasteiger partial charge in [-0.15, -0.1) is 0 Å². The molecule has 0 radical (unpaired) electrons. The van der Waals surface area contributed by atoms with Gasteiger partial charge in [-0.3, -0.25) is 0 Å². The first-order valence-corrected chi connectivity index (χ1v) is 11.1. The maximum Gasteiger partial charge on any atom is 0.264 e. The van der Waals surface area contributed by atoms with Crippen molar-refractivity contribution >= 4 is 10.0 Å². The van der Waals surface area contributed by atoms with E-state index in [1.807, 2.05) is 61.5 Å². The van der Waals surface area contributed by atoms with Crippen molar-refractivity contribution in [3.63, 3.8) is 0 Å². The summed E-state index contributed by atoms with van der Waals surface area (Å²) in [4.78, 5) is 4.40. The minimum absolute atomic E-state index is 0.00242. The van der Waals surface area contributed by atoms with E-state index in [0.29, 0.717) is 31.2 Å². The van der Waals surface area contributed by atoms with Gasteiger partial charge in [0.1, 0.15) is 5.75 Å². The Hall–Kier alpha value is -2.71. The Morgan fingerprint density at radius 2 is 1.90 bits per heavy atom. The van der Waals surface area contributed by atoms with E-state index in [9.17, 15) is 8.42 Å². The highest BCUT2D eigenvalue weighted by Crippen LogP contribution is 2.28. The van der Waals surface area contributed by atoms with Crippen molar-refractivity contribution in [1.82, 2.24) is 14.4 Å². The third-order valence-electron chi connectivity index (χ3n) is 4.97. The second kappa shape index (κ2) is 8.34. The van der Waals surface area contributed by atoms with Gasteiger partial charge in [0.05, 0.1) is 5.75 Å². The molecule has 3 aromatic rings. The number of benzene rings is 2. The minimum Gasteiger partial charge on any atom is -0.484 e. The van der Waals surface area contributed by atoms with Gasteiger partial charge in [0.15, 0.2) is 12.4 Å². The van der Waals surface area contributed by atoms with Crippen LogP contribution in [0.4, 0.5) is 0 Å². The molecule has 0 aliphatic carbocycles. The molecule has 1 aromatic heterocycles. The van der Waals surface area contributed by atoms with Crippen LogP contribution >= 0.6 is 0 Å². The maximum atomic E-state index is 12.7. The lowest BCUT2D eigenvalue weighted by molar-refractivity contribution is 0.242. The van der Waals surface area contributed by atoms with Crippen LogP contribution in [0.2, 0.25) is 0 Å². The molecule has 1 saturated heterocycles. The van der Waals surface area contributed by atoms with Crippen molar-refractivity contribution in [3.05, 3.63) is 77.4 Å². The normalized spacial score (nSPS) is 17.5. The molecule has 1 atom stereocenters. The molecule has 0 bridgehead atoms. The molecule has 0 N–H and O–H groups in total. The fourth-order valence-corrected chi connectivity index (χ4v) is 4.93. The zero-order chi connectivity index (χ0) is 20.3. The van der Waals surface area contributed by atoms with Crippen LogP contribution in [0.1, 0.15) is 35.2 Å². The van der Waals surface area contributed by atoms with Gasteiger partial charge in [0.2, 0.25) is 10.0 Å². The van der Waals surface area contributed by atoms with Crippen LogP contribution in [0, 0.1) is 6.92 Å². The van der Waals surface area contributed by atoms with Gasteiger partial charge in [-0.2, -0.15) is 4.98 Å². The van der Waals surface area contributed by atoms with Crippen LogP contribution < -0.4 is 4.74 Å². The first kappa shape index (κ1) is 19.6. The Bertz CT molecular complexity index is 1050. The molecule has 1 aliphatic rings. The fourth-order valence-electron chi connectivity index (χ4n) is 3.34. The Balaban J connectivity index is 1.35. The quantitative estimate of drug-likeness (QED) is 0.591. The van der Waals surface area contributed by atoms with E-state index in [1.165, 1.54) is 4.31 Å². The van der Waals surface area contributed by atoms with Crippen LogP contribution in [0.15, 0.2) is 59.1 Å². The maximum absolute atomic E-state index is 12.7. The van der Waals surface area contributed by atoms with Crippen LogP contribution in [-0.2, 0) is 22.4 Å².